The SMILES string of the molecule is CC(=O)N(CC1CN(Cc2ccccc2F)CC1c1ccc(C)cc1)C1CCCCC1. The molecule has 0 aromatic heterocycles. The molecule has 0 bridgehead atoms. The second-order valence-corrected chi connectivity index (χ2v) is 9.53. The molecular weight excluding hydrogens is 387 g/mol. The molecule has 2 atom stereocenters. The summed E-state index contributed by atoms with van der Waals surface area (Å²) in [4.78, 5) is 17.1. The summed E-state index contributed by atoms with van der Waals surface area (Å²) < 4.78 is 14.3. The number of halogens is 1. The second kappa shape index (κ2) is 9.95. The second-order valence-electron chi connectivity index (χ2n) is 9.53. The molecule has 31 heavy (non-hydrogen) atoms. The summed E-state index contributed by atoms with van der Waals surface area (Å²) in [6.45, 7) is 7.05. The van der Waals surface area contributed by atoms with Crippen molar-refractivity contribution >= 4 is 5.91 Å². The van der Waals surface area contributed by atoms with Gasteiger partial charge in [-0.1, -0.05) is 67.3 Å². The molecule has 2 unspecified atom stereocenters. The van der Waals surface area contributed by atoms with Gasteiger partial charge in [-0.3, -0.25) is 9.69 Å². The number of carbonyl (C=O) groups excluding carboxylic acids is 1. The monoisotopic (exact) mass is 422 g/mol. The van der Waals surface area contributed by atoms with Crippen molar-refractivity contribution in [2.75, 3.05) is 19.6 Å². The maximum Gasteiger partial charge on any atom is 0.219 e. The lowest BCUT2D eigenvalue weighted by atomic mass is 9.87. The number of rotatable bonds is 6. The van der Waals surface area contributed by atoms with Gasteiger partial charge in [0.1, 0.15) is 5.82 Å². The van der Waals surface area contributed by atoms with E-state index < -0.39 is 0 Å². The van der Waals surface area contributed by atoms with Crippen molar-refractivity contribution in [3.8, 4) is 0 Å². The zero-order chi connectivity index (χ0) is 21.8. The van der Waals surface area contributed by atoms with E-state index in [0.29, 0.717) is 24.4 Å². The number of amides is 1. The Morgan fingerprint density at radius 2 is 1.74 bits per heavy atom. The minimum Gasteiger partial charge on any atom is -0.340 e. The highest BCUT2D eigenvalue weighted by molar-refractivity contribution is 5.73. The molecule has 1 amide bonds. The Labute approximate surface area is 186 Å². The predicted octanol–water partition coefficient (Wildman–Crippen LogP) is 5.53. The Balaban J connectivity index is 1.55. The molecule has 2 aromatic carbocycles. The number of aryl methyl sites for hydroxylation is 1. The highest BCUT2D eigenvalue weighted by Crippen LogP contribution is 2.36. The van der Waals surface area contributed by atoms with Crippen molar-refractivity contribution in [3.63, 3.8) is 0 Å². The van der Waals surface area contributed by atoms with Gasteiger partial charge in [0.15, 0.2) is 0 Å². The summed E-state index contributed by atoms with van der Waals surface area (Å²) in [6, 6.07) is 16.3. The smallest absolute Gasteiger partial charge is 0.219 e. The van der Waals surface area contributed by atoms with Crippen LogP contribution < -0.4 is 0 Å². The van der Waals surface area contributed by atoms with Crippen LogP contribution >= 0.6 is 0 Å². The van der Waals surface area contributed by atoms with E-state index in [2.05, 4.69) is 41.0 Å². The van der Waals surface area contributed by atoms with E-state index in [1.807, 2.05) is 12.1 Å². The third-order valence-electron chi connectivity index (χ3n) is 7.23. The Hall–Kier alpha value is -2.20. The van der Waals surface area contributed by atoms with Gasteiger partial charge in [-0.05, 0) is 37.3 Å². The van der Waals surface area contributed by atoms with Crippen LogP contribution in [0.5, 0.6) is 0 Å². The summed E-state index contributed by atoms with van der Waals surface area (Å²) in [5.74, 6) is 0.783. The van der Waals surface area contributed by atoms with Gasteiger partial charge < -0.3 is 4.90 Å². The standard InChI is InChI=1S/C27H35FN2O/c1-20-12-14-22(15-13-20)26-19-29(16-23-8-6-7-11-27(23)28)17-24(26)18-30(21(2)31)25-9-4-3-5-10-25/h6-8,11-15,24-26H,3-5,9-10,16-19H2,1-2H3. The lowest BCUT2D eigenvalue weighted by molar-refractivity contribution is -0.132. The Kier molecular flexibility index (Phi) is 7.06. The van der Waals surface area contributed by atoms with Crippen LogP contribution in [-0.2, 0) is 11.3 Å². The summed E-state index contributed by atoms with van der Waals surface area (Å²) in [7, 11) is 0. The molecule has 1 aliphatic heterocycles. The van der Waals surface area contributed by atoms with Gasteiger partial charge >= 0.3 is 0 Å². The molecule has 2 aromatic rings. The number of benzene rings is 2. The average Bonchev–Trinajstić information content (AvgIpc) is 3.17. The van der Waals surface area contributed by atoms with E-state index >= 15 is 0 Å². The van der Waals surface area contributed by atoms with Crippen LogP contribution in [0.1, 0.15) is 61.6 Å². The lowest BCUT2D eigenvalue weighted by Crippen LogP contribution is -2.44. The van der Waals surface area contributed by atoms with E-state index in [4.69, 9.17) is 0 Å². The molecule has 166 valence electrons. The van der Waals surface area contributed by atoms with Crippen LogP contribution in [-0.4, -0.2) is 41.4 Å². The number of hydrogen-bond acceptors (Lipinski definition) is 2. The fourth-order valence-electron chi connectivity index (χ4n) is 5.51. The van der Waals surface area contributed by atoms with Crippen LogP contribution in [0.4, 0.5) is 4.39 Å². The number of likely N-dealkylation sites (tertiary alicyclic amines) is 1. The summed E-state index contributed by atoms with van der Waals surface area (Å²) in [5, 5.41) is 0. The number of hydrogen-bond donors (Lipinski definition) is 0. The van der Waals surface area contributed by atoms with Crippen molar-refractivity contribution in [2.24, 2.45) is 5.92 Å². The molecule has 0 spiro atoms. The normalized spacial score (nSPS) is 22.5. The number of nitrogens with zero attached hydrogens (tertiary/aromatic N) is 2. The molecule has 0 radical (unpaired) electrons. The van der Waals surface area contributed by atoms with E-state index in [1.54, 1.807) is 19.1 Å². The quantitative estimate of drug-likeness (QED) is 0.611. The first-order valence-corrected chi connectivity index (χ1v) is 11.8. The van der Waals surface area contributed by atoms with Gasteiger partial charge in [0, 0.05) is 50.6 Å². The van der Waals surface area contributed by atoms with E-state index in [1.165, 1.54) is 30.4 Å². The molecule has 3 nitrogen and oxygen atoms in total. The van der Waals surface area contributed by atoms with Crippen molar-refractivity contribution in [1.82, 2.24) is 9.80 Å². The van der Waals surface area contributed by atoms with Crippen LogP contribution in [0.25, 0.3) is 0 Å². The van der Waals surface area contributed by atoms with Crippen molar-refractivity contribution in [2.45, 2.75) is 64.5 Å². The molecule has 1 aliphatic carbocycles. The zero-order valence-electron chi connectivity index (χ0n) is 18.9. The van der Waals surface area contributed by atoms with Crippen molar-refractivity contribution < 1.29 is 9.18 Å². The molecule has 1 saturated carbocycles. The van der Waals surface area contributed by atoms with Gasteiger partial charge in [0.2, 0.25) is 5.91 Å². The minimum atomic E-state index is -0.134. The molecular formula is C27H35FN2O. The fourth-order valence-corrected chi connectivity index (χ4v) is 5.51. The molecule has 4 heteroatoms. The third-order valence-corrected chi connectivity index (χ3v) is 7.23. The van der Waals surface area contributed by atoms with Gasteiger partial charge in [-0.25, -0.2) is 4.39 Å². The first-order valence-electron chi connectivity index (χ1n) is 11.8. The van der Waals surface area contributed by atoms with E-state index in [0.717, 1.165) is 38.0 Å². The maximum absolute atomic E-state index is 14.3. The van der Waals surface area contributed by atoms with Gasteiger partial charge in [-0.2, -0.15) is 0 Å². The number of carbonyl (C=O) groups is 1. The van der Waals surface area contributed by atoms with Crippen molar-refractivity contribution in [1.29, 1.82) is 0 Å². The zero-order valence-corrected chi connectivity index (χ0v) is 18.9. The van der Waals surface area contributed by atoms with Crippen LogP contribution in [0.3, 0.4) is 0 Å². The summed E-state index contributed by atoms with van der Waals surface area (Å²) >= 11 is 0. The topological polar surface area (TPSA) is 23.6 Å². The molecule has 1 heterocycles. The Morgan fingerprint density at radius 3 is 2.42 bits per heavy atom. The Morgan fingerprint density at radius 1 is 1.03 bits per heavy atom. The largest absolute Gasteiger partial charge is 0.340 e. The molecule has 2 aliphatic rings. The summed E-state index contributed by atoms with van der Waals surface area (Å²) in [6.07, 6.45) is 5.98. The van der Waals surface area contributed by atoms with Crippen molar-refractivity contribution in [3.05, 3.63) is 71.0 Å². The van der Waals surface area contributed by atoms with Gasteiger partial charge in [0.05, 0.1) is 0 Å². The molecule has 1 saturated heterocycles. The van der Waals surface area contributed by atoms with Gasteiger partial charge in [-0.15, -0.1) is 0 Å². The minimum absolute atomic E-state index is 0.134. The first-order chi connectivity index (χ1) is 15.0. The molecule has 0 N–H and O–H groups in total. The highest BCUT2D eigenvalue weighted by Gasteiger charge is 2.37. The van der Waals surface area contributed by atoms with Crippen LogP contribution in [0.2, 0.25) is 0 Å². The molecule has 4 rings (SSSR count). The molecule has 2 fully saturated rings. The van der Waals surface area contributed by atoms with E-state index in [9.17, 15) is 9.18 Å². The summed E-state index contributed by atoms with van der Waals surface area (Å²) in [5.41, 5.74) is 3.34. The predicted molar refractivity (Wildman–Crippen MR) is 123 cm³/mol. The van der Waals surface area contributed by atoms with Crippen LogP contribution in [0.15, 0.2) is 48.5 Å². The maximum atomic E-state index is 14.3. The highest BCUT2D eigenvalue weighted by atomic mass is 19.1. The Bertz CT molecular complexity index is 875. The van der Waals surface area contributed by atoms with Gasteiger partial charge in [0.25, 0.3) is 0 Å². The first kappa shape index (κ1) is 22.0. The van der Waals surface area contributed by atoms with E-state index in [-0.39, 0.29) is 11.7 Å². The average molecular weight is 423 g/mol. The van der Waals surface area contributed by atoms with Crippen LogP contribution in [0, 0.1) is 18.7 Å². The lowest BCUT2D eigenvalue weighted by Gasteiger charge is -2.36. The third kappa shape index (κ3) is 5.35. The fraction of sp³-hybridized carbons (Fsp3) is 0.519.